The van der Waals surface area contributed by atoms with Gasteiger partial charge in [-0.05, 0) is 31.4 Å². The lowest BCUT2D eigenvalue weighted by atomic mass is 9.98. The smallest absolute Gasteiger partial charge is 0.415 e. The Balaban J connectivity index is 1.36. The van der Waals surface area contributed by atoms with Gasteiger partial charge in [0.1, 0.15) is 5.69 Å². The number of hydrogen-bond donors (Lipinski definition) is 2. The molecule has 0 saturated carbocycles. The molecule has 1 aliphatic heterocycles. The Hall–Kier alpha value is -3.72. The lowest BCUT2D eigenvalue weighted by Gasteiger charge is -2.30. The van der Waals surface area contributed by atoms with E-state index < -0.39 is 12.1 Å². The number of carbonyl (C=O) groups excluding carboxylic acids is 3. The number of anilines is 1. The van der Waals surface area contributed by atoms with E-state index in [-0.39, 0.29) is 18.4 Å². The standard InChI is InChI=1S/C25H26N4O4S/c1-2-33-25(32)28-24(31)29-14-12-18(13-15-29)23-27-21(16-34-23)22(30)26-20-11-7-6-10-19(20)17-8-4-3-5-9-17/h3-11,16,18H,2,12-15H2,1H3,(H,26,30)(H,28,31,32). The zero-order valence-corrected chi connectivity index (χ0v) is 19.6. The van der Waals surface area contributed by atoms with E-state index in [1.54, 1.807) is 17.2 Å². The van der Waals surface area contributed by atoms with Crippen LogP contribution in [-0.2, 0) is 4.74 Å². The molecule has 2 N–H and O–H groups in total. The number of ether oxygens (including phenoxy) is 1. The molecule has 0 atom stereocenters. The first-order valence-corrected chi connectivity index (χ1v) is 12.1. The van der Waals surface area contributed by atoms with E-state index in [0.29, 0.717) is 31.6 Å². The van der Waals surface area contributed by atoms with Crippen LogP contribution in [0, 0.1) is 0 Å². The quantitative estimate of drug-likeness (QED) is 0.531. The van der Waals surface area contributed by atoms with Crippen molar-refractivity contribution in [3.63, 3.8) is 0 Å². The van der Waals surface area contributed by atoms with Crippen molar-refractivity contribution in [2.75, 3.05) is 25.0 Å². The van der Waals surface area contributed by atoms with Gasteiger partial charge in [0.15, 0.2) is 0 Å². The molecule has 1 saturated heterocycles. The van der Waals surface area contributed by atoms with E-state index in [1.165, 1.54) is 11.3 Å². The van der Waals surface area contributed by atoms with Gasteiger partial charge in [-0.1, -0.05) is 48.5 Å². The topological polar surface area (TPSA) is 101 Å². The summed E-state index contributed by atoms with van der Waals surface area (Å²) in [4.78, 5) is 42.7. The predicted octanol–water partition coefficient (Wildman–Crippen LogP) is 5.11. The number of nitrogens with zero attached hydrogens (tertiary/aromatic N) is 2. The molecule has 4 amide bonds. The number of aromatic nitrogens is 1. The van der Waals surface area contributed by atoms with Crippen LogP contribution in [0.3, 0.4) is 0 Å². The van der Waals surface area contributed by atoms with E-state index in [0.717, 1.165) is 21.8 Å². The third kappa shape index (κ3) is 5.60. The Kier molecular flexibility index (Phi) is 7.54. The van der Waals surface area contributed by atoms with Gasteiger partial charge in [-0.3, -0.25) is 4.79 Å². The largest absolute Gasteiger partial charge is 0.450 e. The number of hydrogen-bond acceptors (Lipinski definition) is 6. The number of thiazole rings is 1. The van der Waals surface area contributed by atoms with Gasteiger partial charge in [0.2, 0.25) is 0 Å². The number of nitrogens with one attached hydrogen (secondary N) is 2. The van der Waals surface area contributed by atoms with Gasteiger partial charge in [0.05, 0.1) is 11.6 Å². The summed E-state index contributed by atoms with van der Waals surface area (Å²) in [5, 5.41) is 7.87. The molecule has 3 aromatic rings. The van der Waals surface area contributed by atoms with Crippen molar-refractivity contribution < 1.29 is 19.1 Å². The minimum atomic E-state index is -0.737. The Bertz CT molecular complexity index is 1160. The molecule has 1 fully saturated rings. The van der Waals surface area contributed by atoms with E-state index in [4.69, 9.17) is 4.74 Å². The Morgan fingerprint density at radius 1 is 1.06 bits per heavy atom. The lowest BCUT2D eigenvalue weighted by molar-refractivity contribution is 0.102. The molecule has 1 aliphatic rings. The first-order valence-electron chi connectivity index (χ1n) is 11.2. The summed E-state index contributed by atoms with van der Waals surface area (Å²) >= 11 is 1.46. The molecule has 2 aromatic carbocycles. The van der Waals surface area contributed by atoms with Crippen LogP contribution in [-0.4, -0.2) is 47.6 Å². The predicted molar refractivity (Wildman–Crippen MR) is 131 cm³/mol. The van der Waals surface area contributed by atoms with Gasteiger partial charge in [0, 0.05) is 35.6 Å². The summed E-state index contributed by atoms with van der Waals surface area (Å²) in [7, 11) is 0. The zero-order valence-electron chi connectivity index (χ0n) is 18.8. The van der Waals surface area contributed by atoms with E-state index in [9.17, 15) is 14.4 Å². The molecular weight excluding hydrogens is 452 g/mol. The molecular formula is C25H26N4O4S. The summed E-state index contributed by atoms with van der Waals surface area (Å²) < 4.78 is 4.75. The SMILES string of the molecule is CCOC(=O)NC(=O)N1CCC(c2nc(C(=O)Nc3ccccc3-c3ccccc3)cs2)CC1. The fourth-order valence-electron chi connectivity index (χ4n) is 3.89. The lowest BCUT2D eigenvalue weighted by Crippen LogP contribution is -2.46. The second-order valence-electron chi connectivity index (χ2n) is 7.85. The first-order chi connectivity index (χ1) is 16.5. The van der Waals surface area contributed by atoms with E-state index >= 15 is 0 Å². The Morgan fingerprint density at radius 3 is 2.50 bits per heavy atom. The van der Waals surface area contributed by atoms with Gasteiger partial charge in [-0.2, -0.15) is 0 Å². The number of likely N-dealkylation sites (tertiary alicyclic amines) is 1. The highest BCUT2D eigenvalue weighted by atomic mass is 32.1. The summed E-state index contributed by atoms with van der Waals surface area (Å²) in [6.45, 7) is 2.89. The highest BCUT2D eigenvalue weighted by molar-refractivity contribution is 7.10. The highest BCUT2D eigenvalue weighted by Gasteiger charge is 2.27. The molecule has 9 heteroatoms. The molecule has 0 unspecified atom stereocenters. The van der Waals surface area contributed by atoms with Gasteiger partial charge in [0.25, 0.3) is 5.91 Å². The Morgan fingerprint density at radius 2 is 1.76 bits per heavy atom. The van der Waals surface area contributed by atoms with Crippen LogP contribution in [0.1, 0.15) is 41.2 Å². The normalized spacial score (nSPS) is 13.9. The molecule has 8 nitrogen and oxygen atoms in total. The maximum atomic E-state index is 12.9. The van der Waals surface area contributed by atoms with Crippen LogP contribution in [0.15, 0.2) is 60.0 Å². The molecule has 0 bridgehead atoms. The third-order valence-corrected chi connectivity index (χ3v) is 6.64. The number of benzene rings is 2. The van der Waals surface area contributed by atoms with E-state index in [2.05, 4.69) is 15.6 Å². The van der Waals surface area contributed by atoms with Gasteiger partial charge in [-0.25, -0.2) is 19.9 Å². The minimum absolute atomic E-state index is 0.162. The molecule has 0 aliphatic carbocycles. The second kappa shape index (κ2) is 10.9. The van der Waals surface area contributed by atoms with Crippen molar-refractivity contribution in [1.82, 2.24) is 15.2 Å². The Labute approximate surface area is 202 Å². The number of rotatable bonds is 5. The van der Waals surface area contributed by atoms with Crippen molar-refractivity contribution in [3.8, 4) is 11.1 Å². The molecule has 0 radical (unpaired) electrons. The number of alkyl carbamates (subject to hydrolysis) is 1. The minimum Gasteiger partial charge on any atom is -0.450 e. The van der Waals surface area contributed by atoms with E-state index in [1.807, 2.05) is 54.6 Å². The van der Waals surface area contributed by atoms with Crippen LogP contribution in [0.5, 0.6) is 0 Å². The monoisotopic (exact) mass is 478 g/mol. The summed E-state index contributed by atoms with van der Waals surface area (Å²) in [6, 6.07) is 17.1. The second-order valence-corrected chi connectivity index (χ2v) is 8.74. The number of amides is 4. The number of imide groups is 1. The molecule has 4 rings (SSSR count). The van der Waals surface area contributed by atoms with Gasteiger partial charge in [-0.15, -0.1) is 11.3 Å². The zero-order chi connectivity index (χ0) is 23.9. The number of urea groups is 1. The molecule has 176 valence electrons. The fraction of sp³-hybridized carbons (Fsp3) is 0.280. The summed E-state index contributed by atoms with van der Waals surface area (Å²) in [6.07, 6.45) is 0.683. The van der Waals surface area contributed by atoms with Gasteiger partial charge < -0.3 is 15.0 Å². The maximum Gasteiger partial charge on any atom is 0.415 e. The third-order valence-electron chi connectivity index (χ3n) is 5.63. The van der Waals surface area contributed by atoms with Crippen LogP contribution in [0.25, 0.3) is 11.1 Å². The van der Waals surface area contributed by atoms with Crippen molar-refractivity contribution in [2.24, 2.45) is 0 Å². The molecule has 2 heterocycles. The molecule has 1 aromatic heterocycles. The average Bonchev–Trinajstić information content (AvgIpc) is 3.36. The van der Waals surface area contributed by atoms with Crippen LogP contribution in [0.4, 0.5) is 15.3 Å². The van der Waals surface area contributed by atoms with Gasteiger partial charge >= 0.3 is 12.1 Å². The van der Waals surface area contributed by atoms with Crippen molar-refractivity contribution in [1.29, 1.82) is 0 Å². The molecule has 34 heavy (non-hydrogen) atoms. The maximum absolute atomic E-state index is 12.9. The van der Waals surface area contributed by atoms with Crippen molar-refractivity contribution in [2.45, 2.75) is 25.7 Å². The van der Waals surface area contributed by atoms with Crippen LogP contribution >= 0.6 is 11.3 Å². The van der Waals surface area contributed by atoms with Crippen molar-refractivity contribution >= 4 is 35.1 Å². The number of para-hydroxylation sites is 1. The average molecular weight is 479 g/mol. The summed E-state index contributed by atoms with van der Waals surface area (Å²) in [5.41, 5.74) is 3.08. The molecule has 0 spiro atoms. The fourth-order valence-corrected chi connectivity index (χ4v) is 4.86. The van der Waals surface area contributed by atoms with Crippen LogP contribution in [0.2, 0.25) is 0 Å². The first kappa shape index (κ1) is 23.4. The summed E-state index contributed by atoms with van der Waals surface area (Å²) in [5.74, 6) is -0.0908. The highest BCUT2D eigenvalue weighted by Crippen LogP contribution is 2.31. The van der Waals surface area contributed by atoms with Crippen molar-refractivity contribution in [3.05, 3.63) is 70.7 Å². The van der Waals surface area contributed by atoms with Crippen LogP contribution < -0.4 is 10.6 Å². The number of piperidine rings is 1. The number of carbonyl (C=O) groups is 3.